The molecule has 1 saturated heterocycles. The van der Waals surface area contributed by atoms with Crippen molar-refractivity contribution in [1.29, 1.82) is 0 Å². The number of benzene rings is 1. The molecule has 21 heavy (non-hydrogen) atoms. The van der Waals surface area contributed by atoms with Gasteiger partial charge < -0.3 is 14.9 Å². The van der Waals surface area contributed by atoms with Crippen LogP contribution in [-0.2, 0) is 0 Å². The molecule has 0 aliphatic carbocycles. The molecule has 0 aromatic heterocycles. The second kappa shape index (κ2) is 5.78. The molecule has 0 radical (unpaired) electrons. The number of nitrogens with zero attached hydrogens (tertiary/aromatic N) is 3. The molecule has 1 aromatic carbocycles. The fraction of sp³-hybridized carbons (Fsp3) is 0.385. The molecule has 0 spiro atoms. The zero-order chi connectivity index (χ0) is 15.6. The lowest BCUT2D eigenvalue weighted by molar-refractivity contribution is -0.384. The van der Waals surface area contributed by atoms with Crippen molar-refractivity contribution in [3.8, 4) is 0 Å². The Balaban J connectivity index is 2.25. The van der Waals surface area contributed by atoms with Crippen LogP contribution in [0.3, 0.4) is 0 Å². The van der Waals surface area contributed by atoms with Gasteiger partial charge in [0.15, 0.2) is 6.29 Å². The number of non-ortho nitro benzene ring substituents is 1. The molecule has 1 aliphatic heterocycles. The summed E-state index contributed by atoms with van der Waals surface area (Å²) in [5, 5.41) is 19.8. The lowest BCUT2D eigenvalue weighted by Crippen LogP contribution is -2.53. The van der Waals surface area contributed by atoms with E-state index < -0.39 is 11.0 Å². The van der Waals surface area contributed by atoms with Crippen molar-refractivity contribution in [2.24, 2.45) is 0 Å². The number of piperazine rings is 1. The summed E-state index contributed by atoms with van der Waals surface area (Å²) in [4.78, 5) is 35.6. The second-order valence-corrected chi connectivity index (χ2v) is 4.89. The minimum absolute atomic E-state index is 0.141. The highest BCUT2D eigenvalue weighted by molar-refractivity contribution is 5.86. The Labute approximate surface area is 120 Å². The number of carbonyl (C=O) groups excluding carboxylic acids is 1. The molecule has 0 bridgehead atoms. The average Bonchev–Trinajstić information content (AvgIpc) is 2.45. The van der Waals surface area contributed by atoms with E-state index >= 15 is 0 Å². The van der Waals surface area contributed by atoms with Crippen LogP contribution in [0.15, 0.2) is 18.2 Å². The van der Waals surface area contributed by atoms with Gasteiger partial charge in [0, 0.05) is 49.1 Å². The zero-order valence-corrected chi connectivity index (χ0v) is 11.4. The Kier molecular flexibility index (Phi) is 4.06. The van der Waals surface area contributed by atoms with Crippen molar-refractivity contribution in [2.45, 2.75) is 13.0 Å². The third-order valence-corrected chi connectivity index (χ3v) is 3.56. The standard InChI is InChI=1S/C13H15N3O5/c1-9-7-14(4-5-15(9)13(18)19)12-3-2-11(16(20)21)6-10(12)8-17/h2-3,6,8-9H,4-5,7H2,1H3,(H,18,19). The van der Waals surface area contributed by atoms with E-state index in [0.717, 1.165) is 0 Å². The van der Waals surface area contributed by atoms with Crippen LogP contribution in [0.25, 0.3) is 0 Å². The minimum atomic E-state index is -0.971. The van der Waals surface area contributed by atoms with E-state index in [1.807, 2.05) is 4.90 Å². The van der Waals surface area contributed by atoms with Crippen LogP contribution in [0.2, 0.25) is 0 Å². The van der Waals surface area contributed by atoms with Crippen LogP contribution in [0.1, 0.15) is 17.3 Å². The third-order valence-electron chi connectivity index (χ3n) is 3.56. The first-order valence-corrected chi connectivity index (χ1v) is 6.42. The first kappa shape index (κ1) is 14.8. The molecule has 1 aliphatic rings. The van der Waals surface area contributed by atoms with Crippen LogP contribution < -0.4 is 4.90 Å². The maximum Gasteiger partial charge on any atom is 0.407 e. The summed E-state index contributed by atoms with van der Waals surface area (Å²) in [6.45, 7) is 2.98. The predicted molar refractivity (Wildman–Crippen MR) is 74.9 cm³/mol. The van der Waals surface area contributed by atoms with Crippen molar-refractivity contribution in [3.05, 3.63) is 33.9 Å². The lowest BCUT2D eigenvalue weighted by Gasteiger charge is -2.39. The zero-order valence-electron chi connectivity index (χ0n) is 11.4. The Morgan fingerprint density at radius 1 is 1.48 bits per heavy atom. The van der Waals surface area contributed by atoms with Crippen molar-refractivity contribution in [3.63, 3.8) is 0 Å². The van der Waals surface area contributed by atoms with Crippen LogP contribution >= 0.6 is 0 Å². The number of amides is 1. The second-order valence-electron chi connectivity index (χ2n) is 4.89. The molecule has 1 amide bonds. The molecule has 112 valence electrons. The van der Waals surface area contributed by atoms with Crippen molar-refractivity contribution < 1.29 is 19.6 Å². The number of nitro benzene ring substituents is 1. The molecule has 8 nitrogen and oxygen atoms in total. The monoisotopic (exact) mass is 293 g/mol. The number of carbonyl (C=O) groups is 2. The Morgan fingerprint density at radius 2 is 2.19 bits per heavy atom. The Hall–Kier alpha value is -2.64. The Bertz CT molecular complexity index is 589. The first-order valence-electron chi connectivity index (χ1n) is 6.42. The van der Waals surface area contributed by atoms with Gasteiger partial charge in [-0.2, -0.15) is 0 Å². The van der Waals surface area contributed by atoms with Gasteiger partial charge in [0.2, 0.25) is 0 Å². The molecule has 1 fully saturated rings. The van der Waals surface area contributed by atoms with Gasteiger partial charge in [-0.15, -0.1) is 0 Å². The van der Waals surface area contributed by atoms with Crippen LogP contribution in [-0.4, -0.2) is 53.0 Å². The van der Waals surface area contributed by atoms with Crippen molar-refractivity contribution in [2.75, 3.05) is 24.5 Å². The van der Waals surface area contributed by atoms with Crippen LogP contribution in [0, 0.1) is 10.1 Å². The van der Waals surface area contributed by atoms with Gasteiger partial charge in [0.1, 0.15) is 0 Å². The topological polar surface area (TPSA) is 104 Å². The van der Waals surface area contributed by atoms with E-state index in [-0.39, 0.29) is 17.3 Å². The quantitative estimate of drug-likeness (QED) is 0.515. The van der Waals surface area contributed by atoms with E-state index in [2.05, 4.69) is 0 Å². The maximum absolute atomic E-state index is 11.1. The fourth-order valence-electron chi connectivity index (χ4n) is 2.50. The van der Waals surface area contributed by atoms with Gasteiger partial charge in [-0.25, -0.2) is 4.79 Å². The summed E-state index contributed by atoms with van der Waals surface area (Å²) in [7, 11) is 0. The minimum Gasteiger partial charge on any atom is -0.465 e. The number of aldehydes is 1. The molecule has 0 saturated carbocycles. The summed E-state index contributed by atoms with van der Waals surface area (Å²) in [5.41, 5.74) is 0.686. The summed E-state index contributed by atoms with van der Waals surface area (Å²) in [6, 6.07) is 3.89. The SMILES string of the molecule is CC1CN(c2ccc([N+](=O)[O-])cc2C=O)CCN1C(=O)O. The van der Waals surface area contributed by atoms with E-state index in [9.17, 15) is 19.7 Å². The molecule has 8 heteroatoms. The van der Waals surface area contributed by atoms with Crippen molar-refractivity contribution in [1.82, 2.24) is 4.90 Å². The van der Waals surface area contributed by atoms with Gasteiger partial charge in [-0.1, -0.05) is 0 Å². The highest BCUT2D eigenvalue weighted by Crippen LogP contribution is 2.26. The summed E-state index contributed by atoms with van der Waals surface area (Å²) in [6.07, 6.45) is -0.391. The number of carboxylic acid groups (broad SMARTS) is 1. The molecule has 1 heterocycles. The number of anilines is 1. The highest BCUT2D eigenvalue weighted by Gasteiger charge is 2.28. The molecular weight excluding hydrogens is 278 g/mol. The normalized spacial score (nSPS) is 18.4. The number of hydrogen-bond donors (Lipinski definition) is 1. The molecule has 1 N–H and O–H groups in total. The van der Waals surface area contributed by atoms with Gasteiger partial charge in [-0.3, -0.25) is 14.9 Å². The summed E-state index contributed by atoms with van der Waals surface area (Å²) >= 11 is 0. The highest BCUT2D eigenvalue weighted by atomic mass is 16.6. The molecular formula is C13H15N3O5. The first-order chi connectivity index (χ1) is 9.93. The van der Waals surface area contributed by atoms with Gasteiger partial charge in [-0.05, 0) is 13.0 Å². The van der Waals surface area contributed by atoms with E-state index in [4.69, 9.17) is 5.11 Å². The summed E-state index contributed by atoms with van der Waals surface area (Å²) < 4.78 is 0. The van der Waals surface area contributed by atoms with Crippen LogP contribution in [0.5, 0.6) is 0 Å². The average molecular weight is 293 g/mol. The maximum atomic E-state index is 11.1. The molecule has 1 aromatic rings. The third kappa shape index (κ3) is 2.93. The molecule has 1 unspecified atom stereocenters. The number of rotatable bonds is 3. The number of hydrogen-bond acceptors (Lipinski definition) is 5. The molecule has 1 atom stereocenters. The largest absolute Gasteiger partial charge is 0.465 e. The lowest BCUT2D eigenvalue weighted by atomic mass is 10.1. The van der Waals surface area contributed by atoms with Gasteiger partial charge in [0.05, 0.1) is 4.92 Å². The van der Waals surface area contributed by atoms with Gasteiger partial charge in [0.25, 0.3) is 5.69 Å². The van der Waals surface area contributed by atoms with E-state index in [0.29, 0.717) is 31.6 Å². The van der Waals surface area contributed by atoms with Crippen LogP contribution in [0.4, 0.5) is 16.2 Å². The van der Waals surface area contributed by atoms with E-state index in [1.165, 1.54) is 23.1 Å². The summed E-state index contributed by atoms with van der Waals surface area (Å²) in [5.74, 6) is 0. The smallest absolute Gasteiger partial charge is 0.407 e. The Morgan fingerprint density at radius 3 is 2.71 bits per heavy atom. The van der Waals surface area contributed by atoms with E-state index in [1.54, 1.807) is 6.92 Å². The van der Waals surface area contributed by atoms with Gasteiger partial charge >= 0.3 is 6.09 Å². The van der Waals surface area contributed by atoms with Crippen molar-refractivity contribution >= 4 is 23.8 Å². The number of nitro groups is 1. The fourth-order valence-corrected chi connectivity index (χ4v) is 2.50. The predicted octanol–water partition coefficient (Wildman–Crippen LogP) is 1.60. The molecule has 2 rings (SSSR count).